The van der Waals surface area contributed by atoms with E-state index >= 15 is 0 Å². The highest BCUT2D eigenvalue weighted by atomic mass is 16.3. The number of benzene rings is 2. The topological polar surface area (TPSA) is 91.9 Å². The van der Waals surface area contributed by atoms with E-state index in [-0.39, 0.29) is 30.1 Å². The van der Waals surface area contributed by atoms with E-state index in [2.05, 4.69) is 10.3 Å². The summed E-state index contributed by atoms with van der Waals surface area (Å²) in [6, 6.07) is 16.2. The van der Waals surface area contributed by atoms with Crippen molar-refractivity contribution < 1.29 is 9.90 Å². The molecule has 8 nitrogen and oxygen atoms in total. The van der Waals surface area contributed by atoms with Crippen LogP contribution in [-0.2, 0) is 18.4 Å². The van der Waals surface area contributed by atoms with E-state index in [0.717, 1.165) is 5.56 Å². The van der Waals surface area contributed by atoms with Gasteiger partial charge in [0.25, 0.3) is 0 Å². The van der Waals surface area contributed by atoms with Crippen LogP contribution in [0, 0.1) is 0 Å². The molecular weight excluding hydrogens is 382 g/mol. The molecule has 1 aliphatic rings. The molecule has 1 unspecified atom stereocenters. The largest absolute Gasteiger partial charge is 0.508 e. The van der Waals surface area contributed by atoms with Crippen LogP contribution in [0.1, 0.15) is 18.7 Å². The van der Waals surface area contributed by atoms with Gasteiger partial charge in [-0.25, -0.2) is 9.79 Å². The van der Waals surface area contributed by atoms with Crippen LogP contribution < -0.4 is 26.7 Å². The van der Waals surface area contributed by atoms with E-state index in [1.807, 2.05) is 37.3 Å². The van der Waals surface area contributed by atoms with Crippen molar-refractivity contribution in [2.45, 2.75) is 19.6 Å². The summed E-state index contributed by atoms with van der Waals surface area (Å²) in [6.45, 7) is 2.19. The molecule has 2 heterocycles. The first kappa shape index (κ1) is 19.5. The zero-order valence-corrected chi connectivity index (χ0v) is 16.8. The van der Waals surface area contributed by atoms with Crippen molar-refractivity contribution in [3.05, 3.63) is 81.5 Å². The molecule has 2 N–H and O–H groups in total. The molecule has 0 aliphatic carbocycles. The molecule has 0 radical (unpaired) electrons. The third-order valence-corrected chi connectivity index (χ3v) is 5.17. The smallest absolute Gasteiger partial charge is 0.330 e. The van der Waals surface area contributed by atoms with Crippen LogP contribution in [0.25, 0.3) is 6.20 Å². The Morgan fingerprint density at radius 2 is 1.87 bits per heavy atom. The van der Waals surface area contributed by atoms with Gasteiger partial charge in [0.1, 0.15) is 23.8 Å². The summed E-state index contributed by atoms with van der Waals surface area (Å²) in [5.41, 5.74) is 1.88. The fourth-order valence-electron chi connectivity index (χ4n) is 3.59. The number of aromatic hydroxyl groups is 1. The number of imidazole rings is 1. The van der Waals surface area contributed by atoms with Crippen molar-refractivity contribution in [2.75, 3.05) is 11.4 Å². The normalized spacial score (nSPS) is 14.8. The molecule has 1 aliphatic heterocycles. The Morgan fingerprint density at radius 1 is 1.17 bits per heavy atom. The number of likely N-dealkylation sites (N-methyl/N-ethyl adjacent to an activating group) is 1. The van der Waals surface area contributed by atoms with Gasteiger partial charge in [0.05, 0.1) is 0 Å². The number of amides is 1. The predicted octanol–water partition coefficient (Wildman–Crippen LogP) is 0.605. The molecule has 3 aromatic rings. The molecule has 0 saturated carbocycles. The summed E-state index contributed by atoms with van der Waals surface area (Å²) >= 11 is 0. The van der Waals surface area contributed by atoms with Gasteiger partial charge < -0.3 is 15.3 Å². The van der Waals surface area contributed by atoms with Crippen LogP contribution >= 0.6 is 0 Å². The van der Waals surface area contributed by atoms with E-state index in [4.69, 9.17) is 0 Å². The number of phenols is 1. The van der Waals surface area contributed by atoms with Gasteiger partial charge in [-0.2, -0.15) is 0 Å². The van der Waals surface area contributed by atoms with E-state index in [1.54, 1.807) is 30.3 Å². The minimum Gasteiger partial charge on any atom is -0.508 e. The Kier molecular flexibility index (Phi) is 5.14. The molecule has 30 heavy (non-hydrogen) atoms. The average Bonchev–Trinajstić information content (AvgIpc) is 3.00. The number of phenolic OH excluding ortho intramolecular Hbond substituents is 1. The molecule has 8 heteroatoms. The lowest BCUT2D eigenvalue weighted by molar-refractivity contribution is -0.119. The molecule has 4 rings (SSSR count). The van der Waals surface area contributed by atoms with E-state index < -0.39 is 0 Å². The van der Waals surface area contributed by atoms with E-state index in [9.17, 15) is 14.7 Å². The molecule has 0 saturated heterocycles. The van der Waals surface area contributed by atoms with Crippen LogP contribution in [-0.4, -0.2) is 26.7 Å². The number of anilines is 1. The second-order valence-electron chi connectivity index (χ2n) is 7.04. The number of nitrogens with zero attached hydrogens (tertiary/aromatic N) is 4. The van der Waals surface area contributed by atoms with Gasteiger partial charge in [0.2, 0.25) is 5.91 Å². The molecule has 0 bridgehead atoms. The highest BCUT2D eigenvalue weighted by molar-refractivity contribution is 5.93. The summed E-state index contributed by atoms with van der Waals surface area (Å²) in [5.74, 6) is -0.0943. The third-order valence-electron chi connectivity index (χ3n) is 5.17. The number of fused-ring (bicyclic) bond motifs is 1. The molecule has 154 valence electrons. The van der Waals surface area contributed by atoms with Crippen molar-refractivity contribution in [3.8, 4) is 5.75 Å². The van der Waals surface area contributed by atoms with Crippen LogP contribution in [0.2, 0.25) is 0 Å². The van der Waals surface area contributed by atoms with Crippen LogP contribution in [0.5, 0.6) is 5.75 Å². The summed E-state index contributed by atoms with van der Waals surface area (Å²) in [5, 5.41) is 13.3. The SMILES string of the molecule is CCN(C(=O)Cn1c2c(n(C)c1=O)=NC(c1ccccc1)NC=2)c1ccc(O)cc1. The second kappa shape index (κ2) is 7.90. The van der Waals surface area contributed by atoms with E-state index in [0.29, 0.717) is 23.1 Å². The van der Waals surface area contributed by atoms with E-state index in [1.165, 1.54) is 21.3 Å². The van der Waals surface area contributed by atoms with Crippen molar-refractivity contribution in [1.82, 2.24) is 14.5 Å². The minimum atomic E-state index is -0.300. The maximum Gasteiger partial charge on any atom is 0.330 e. The summed E-state index contributed by atoms with van der Waals surface area (Å²) < 4.78 is 2.89. The number of carbonyl (C=O) groups is 1. The molecular formula is C22H23N5O3. The van der Waals surface area contributed by atoms with Crippen molar-refractivity contribution in [1.29, 1.82) is 0 Å². The lowest BCUT2D eigenvalue weighted by Crippen LogP contribution is -2.43. The van der Waals surface area contributed by atoms with Gasteiger partial charge in [-0.1, -0.05) is 30.3 Å². The van der Waals surface area contributed by atoms with Gasteiger partial charge in [-0.15, -0.1) is 0 Å². The number of rotatable bonds is 5. The molecule has 1 aromatic heterocycles. The molecule has 0 fully saturated rings. The molecule has 1 atom stereocenters. The Bertz CT molecular complexity index is 1240. The van der Waals surface area contributed by atoms with Gasteiger partial charge in [0, 0.05) is 25.5 Å². The molecule has 1 amide bonds. The fourth-order valence-corrected chi connectivity index (χ4v) is 3.59. The van der Waals surface area contributed by atoms with Crippen molar-refractivity contribution in [3.63, 3.8) is 0 Å². The van der Waals surface area contributed by atoms with Crippen molar-refractivity contribution in [2.24, 2.45) is 12.0 Å². The van der Waals surface area contributed by atoms with Crippen LogP contribution in [0.15, 0.2) is 64.4 Å². The Labute approximate surface area is 173 Å². The van der Waals surface area contributed by atoms with Crippen LogP contribution in [0.3, 0.4) is 0 Å². The number of hydrogen-bond acceptors (Lipinski definition) is 5. The summed E-state index contributed by atoms with van der Waals surface area (Å²) in [7, 11) is 1.66. The third kappa shape index (κ3) is 3.47. The van der Waals surface area contributed by atoms with Crippen LogP contribution in [0.4, 0.5) is 5.69 Å². The second-order valence-corrected chi connectivity index (χ2v) is 7.04. The number of nitrogens with one attached hydrogen (secondary N) is 1. The average molecular weight is 405 g/mol. The zero-order valence-electron chi connectivity index (χ0n) is 16.8. The first-order chi connectivity index (χ1) is 14.5. The van der Waals surface area contributed by atoms with Crippen molar-refractivity contribution >= 4 is 17.8 Å². The first-order valence-corrected chi connectivity index (χ1v) is 9.73. The van der Waals surface area contributed by atoms with Gasteiger partial charge >= 0.3 is 5.69 Å². The molecule has 2 aromatic carbocycles. The number of aromatic nitrogens is 2. The lowest BCUT2D eigenvalue weighted by Gasteiger charge is -2.21. The summed E-state index contributed by atoms with van der Waals surface area (Å²) in [4.78, 5) is 32.1. The zero-order chi connectivity index (χ0) is 21.3. The van der Waals surface area contributed by atoms with Gasteiger partial charge in [-0.05, 0) is 36.8 Å². The van der Waals surface area contributed by atoms with Gasteiger partial charge in [-0.3, -0.25) is 13.9 Å². The Hall–Kier alpha value is -3.81. The summed E-state index contributed by atoms with van der Waals surface area (Å²) in [6.07, 6.45) is 1.45. The molecule has 0 spiro atoms. The highest BCUT2D eigenvalue weighted by Gasteiger charge is 2.20. The predicted molar refractivity (Wildman–Crippen MR) is 113 cm³/mol. The first-order valence-electron chi connectivity index (χ1n) is 9.73. The monoisotopic (exact) mass is 405 g/mol. The number of hydrogen-bond donors (Lipinski definition) is 2. The lowest BCUT2D eigenvalue weighted by atomic mass is 10.2. The Balaban J connectivity index is 1.68. The van der Waals surface area contributed by atoms with Gasteiger partial charge in [0.15, 0.2) is 5.49 Å². The number of carbonyl (C=O) groups excluding carboxylic acids is 1. The Morgan fingerprint density at radius 3 is 2.53 bits per heavy atom. The fraction of sp³-hybridized carbons (Fsp3) is 0.227. The quantitative estimate of drug-likeness (QED) is 0.651. The maximum atomic E-state index is 13.0. The standard InChI is InChI=1S/C22H23N5O3/c1-3-26(16-9-11-17(28)12-10-16)19(29)14-27-18-13-23-20(15-7-5-4-6-8-15)24-21(18)25(2)22(27)30/h4-13,20,23,28H,3,14H2,1-2H3. The highest BCUT2D eigenvalue weighted by Crippen LogP contribution is 2.18. The maximum absolute atomic E-state index is 13.0. The minimum absolute atomic E-state index is 0.111.